The fourth-order valence-corrected chi connectivity index (χ4v) is 7.00. The molecule has 0 radical (unpaired) electrons. The number of rotatable bonds is 14. The van der Waals surface area contributed by atoms with Gasteiger partial charge in [0.1, 0.15) is 0 Å². The lowest BCUT2D eigenvalue weighted by molar-refractivity contribution is 0.0811. The zero-order chi connectivity index (χ0) is 36.4. The van der Waals surface area contributed by atoms with Gasteiger partial charge in [0.2, 0.25) is 0 Å². The number of likely N-dealkylation sites (tertiary alicyclic amines) is 1. The van der Waals surface area contributed by atoms with E-state index in [1.165, 1.54) is 17.0 Å². The minimum atomic E-state index is -0.385. The number of halogens is 4. The smallest absolute Gasteiger partial charge is 0.320 e. The van der Waals surface area contributed by atoms with Crippen molar-refractivity contribution in [1.82, 2.24) is 19.6 Å². The number of hydrogen-bond acceptors (Lipinski definition) is 9. The summed E-state index contributed by atoms with van der Waals surface area (Å²) in [4.78, 5) is 39.5. The lowest BCUT2D eigenvalue weighted by Gasteiger charge is -2.43. The molecule has 0 spiro atoms. The summed E-state index contributed by atoms with van der Waals surface area (Å²) in [6.07, 6.45) is 2.93. The highest BCUT2D eigenvalue weighted by molar-refractivity contribution is 6.42. The van der Waals surface area contributed by atoms with E-state index in [1.54, 1.807) is 30.1 Å². The van der Waals surface area contributed by atoms with Crippen LogP contribution in [0.5, 0.6) is 0 Å². The number of amidine groups is 2. The highest BCUT2D eigenvalue weighted by Gasteiger charge is 2.34. The van der Waals surface area contributed by atoms with E-state index in [4.69, 9.17) is 73.1 Å². The third-order valence-electron chi connectivity index (χ3n) is 8.68. The van der Waals surface area contributed by atoms with Crippen LogP contribution in [0.25, 0.3) is 0 Å². The highest BCUT2D eigenvalue weighted by Crippen LogP contribution is 2.31. The lowest BCUT2D eigenvalue weighted by Crippen LogP contribution is -2.57. The van der Waals surface area contributed by atoms with E-state index in [2.05, 4.69) is 20.4 Å². The topological polar surface area (TPSA) is 186 Å². The number of carbonyl (C=O) groups is 2. The van der Waals surface area contributed by atoms with Crippen molar-refractivity contribution in [2.75, 3.05) is 59.5 Å². The SMILES string of the molecule is CN(CC(=NOCC(N)=NO)[C@H](CCN1CCC(N2CCCN(CC(N)=NO)C2=O)CC1)c1ccc(Cl)c(Cl)c1)C(=O)c1cc(Cl)cc(Cl)c1. The quantitative estimate of drug-likeness (QED) is 0.0894. The van der Waals surface area contributed by atoms with Crippen molar-refractivity contribution in [1.29, 1.82) is 0 Å². The van der Waals surface area contributed by atoms with Crippen LogP contribution in [0.1, 0.15) is 47.5 Å². The molecular weight excluding hydrogens is 732 g/mol. The Morgan fingerprint density at radius 1 is 0.980 bits per heavy atom. The molecule has 0 saturated carbocycles. The van der Waals surface area contributed by atoms with Gasteiger partial charge in [-0.25, -0.2) is 4.79 Å². The number of nitrogens with two attached hydrogens (primary N) is 2. The number of amides is 3. The largest absolute Gasteiger partial charge is 0.409 e. The van der Waals surface area contributed by atoms with Crippen LogP contribution >= 0.6 is 46.4 Å². The van der Waals surface area contributed by atoms with E-state index in [1.807, 2.05) is 11.0 Å². The second-order valence-electron chi connectivity index (χ2n) is 12.2. The van der Waals surface area contributed by atoms with Gasteiger partial charge in [0.25, 0.3) is 5.91 Å². The van der Waals surface area contributed by atoms with Gasteiger partial charge in [0.15, 0.2) is 18.3 Å². The average Bonchev–Trinajstić information content (AvgIpc) is 3.09. The predicted molar refractivity (Wildman–Crippen MR) is 195 cm³/mol. The lowest BCUT2D eigenvalue weighted by atomic mass is 9.89. The summed E-state index contributed by atoms with van der Waals surface area (Å²) < 4.78 is 0. The maximum Gasteiger partial charge on any atom is 0.320 e. The molecule has 2 aliphatic rings. The Hall–Kier alpha value is -3.69. The minimum absolute atomic E-state index is 0.00530. The molecule has 2 saturated heterocycles. The Kier molecular flexibility index (Phi) is 14.5. The van der Waals surface area contributed by atoms with E-state index >= 15 is 0 Å². The molecule has 50 heavy (non-hydrogen) atoms. The van der Waals surface area contributed by atoms with Crippen LogP contribution in [0.3, 0.4) is 0 Å². The van der Waals surface area contributed by atoms with E-state index in [0.717, 1.165) is 37.9 Å². The van der Waals surface area contributed by atoms with Crippen LogP contribution in [-0.2, 0) is 4.84 Å². The first-order valence-corrected chi connectivity index (χ1v) is 17.5. The van der Waals surface area contributed by atoms with Crippen molar-refractivity contribution >= 4 is 75.7 Å². The first-order valence-electron chi connectivity index (χ1n) is 16.0. The highest BCUT2D eigenvalue weighted by atomic mass is 35.5. The summed E-state index contributed by atoms with van der Waals surface area (Å²) in [5.41, 5.74) is 12.9. The fraction of sp³-hybridized carbons (Fsp3) is 0.469. The summed E-state index contributed by atoms with van der Waals surface area (Å²) >= 11 is 25.1. The molecule has 2 fully saturated rings. The second-order valence-corrected chi connectivity index (χ2v) is 13.9. The molecule has 1 atom stereocenters. The van der Waals surface area contributed by atoms with Gasteiger partial charge >= 0.3 is 6.03 Å². The number of benzene rings is 2. The molecule has 2 aromatic carbocycles. The number of urea groups is 1. The van der Waals surface area contributed by atoms with Gasteiger partial charge in [-0.2, -0.15) is 0 Å². The Labute approximate surface area is 310 Å². The van der Waals surface area contributed by atoms with E-state index in [-0.39, 0.29) is 55.3 Å². The van der Waals surface area contributed by atoms with E-state index in [0.29, 0.717) is 57.4 Å². The molecule has 2 aliphatic heterocycles. The van der Waals surface area contributed by atoms with Crippen molar-refractivity contribution in [3.05, 3.63) is 67.6 Å². The zero-order valence-corrected chi connectivity index (χ0v) is 30.5. The standard InChI is InChI=1S/C32H41Cl4N9O5/c1-42(31(46)21-13-22(33)16-23(34)14-21)17-28(41-50-19-30(38)40-49)25(20-3-4-26(35)27(36)15-20)7-12-43-10-5-24(6-11-43)45-9-2-8-44(32(45)47)18-29(37)39-48/h3-4,13-16,24-25,48-49H,2,5-12,17-19H2,1H3,(H2,37,39)(H2,38,40)/t25-/m1/s1. The van der Waals surface area contributed by atoms with Crippen LogP contribution in [0.2, 0.25) is 20.1 Å². The summed E-state index contributed by atoms with van der Waals surface area (Å²) in [5.74, 6) is -0.913. The number of oxime groups is 3. The van der Waals surface area contributed by atoms with Crippen molar-refractivity contribution in [3.63, 3.8) is 0 Å². The molecule has 14 nitrogen and oxygen atoms in total. The van der Waals surface area contributed by atoms with Crippen molar-refractivity contribution in [3.8, 4) is 0 Å². The Morgan fingerprint density at radius 3 is 2.30 bits per heavy atom. The van der Waals surface area contributed by atoms with Crippen molar-refractivity contribution in [2.24, 2.45) is 26.9 Å². The third kappa shape index (κ3) is 10.7. The maximum absolute atomic E-state index is 13.5. The Morgan fingerprint density at radius 2 is 1.66 bits per heavy atom. The summed E-state index contributed by atoms with van der Waals surface area (Å²) in [7, 11) is 1.63. The maximum atomic E-state index is 13.5. The number of piperidine rings is 1. The number of nitrogens with zero attached hydrogens (tertiary/aromatic N) is 7. The van der Waals surface area contributed by atoms with E-state index < -0.39 is 0 Å². The van der Waals surface area contributed by atoms with Gasteiger partial charge in [-0.1, -0.05) is 67.9 Å². The molecule has 18 heteroatoms. The molecule has 2 heterocycles. The molecule has 2 aromatic rings. The molecule has 6 N–H and O–H groups in total. The number of carbonyl (C=O) groups excluding carboxylic acids is 2. The van der Waals surface area contributed by atoms with Crippen LogP contribution in [0.15, 0.2) is 51.9 Å². The second kappa shape index (κ2) is 18.5. The number of hydrogen-bond donors (Lipinski definition) is 4. The van der Waals surface area contributed by atoms with Crippen molar-refractivity contribution in [2.45, 2.75) is 37.6 Å². The fourth-order valence-electron chi connectivity index (χ4n) is 6.16. The summed E-state index contributed by atoms with van der Waals surface area (Å²) in [5, 5.41) is 29.7. The molecule has 3 amide bonds. The third-order valence-corrected chi connectivity index (χ3v) is 9.86. The molecule has 0 aliphatic carbocycles. The molecule has 4 rings (SSSR count). The first kappa shape index (κ1) is 39.1. The van der Waals surface area contributed by atoms with Gasteiger partial charge < -0.3 is 46.3 Å². The normalized spacial score (nSPS) is 17.6. The molecule has 0 unspecified atom stereocenters. The first-order chi connectivity index (χ1) is 23.9. The van der Waals surface area contributed by atoms with Gasteiger partial charge in [-0.3, -0.25) is 4.79 Å². The molecule has 0 bridgehead atoms. The molecule has 272 valence electrons. The van der Waals surface area contributed by atoms with Gasteiger partial charge in [0.05, 0.1) is 28.8 Å². The molecular formula is C32H41Cl4N9O5. The summed E-state index contributed by atoms with van der Waals surface area (Å²) in [6, 6.07) is 9.90. The monoisotopic (exact) mass is 771 g/mol. The summed E-state index contributed by atoms with van der Waals surface area (Å²) in [6.45, 7) is 3.23. The van der Waals surface area contributed by atoms with Crippen LogP contribution < -0.4 is 11.5 Å². The molecule has 0 aromatic heterocycles. The van der Waals surface area contributed by atoms with Crippen LogP contribution in [0, 0.1) is 0 Å². The zero-order valence-electron chi connectivity index (χ0n) is 27.5. The predicted octanol–water partition coefficient (Wildman–Crippen LogP) is 5.00. The van der Waals surface area contributed by atoms with Crippen LogP contribution in [-0.4, -0.2) is 125 Å². The van der Waals surface area contributed by atoms with Crippen molar-refractivity contribution < 1.29 is 24.8 Å². The van der Waals surface area contributed by atoms with Gasteiger partial charge in [0, 0.05) is 60.8 Å². The van der Waals surface area contributed by atoms with Gasteiger partial charge in [-0.05, 0) is 68.1 Å². The minimum Gasteiger partial charge on any atom is -0.409 e. The Balaban J connectivity index is 1.52. The van der Waals surface area contributed by atoms with Crippen LogP contribution in [0.4, 0.5) is 4.79 Å². The average molecular weight is 774 g/mol. The van der Waals surface area contributed by atoms with Gasteiger partial charge in [-0.15, -0.1) is 0 Å². The van der Waals surface area contributed by atoms with E-state index in [9.17, 15) is 9.59 Å². The Bertz CT molecular complexity index is 1580.